The van der Waals surface area contributed by atoms with Crippen LogP contribution in [0.3, 0.4) is 0 Å². The lowest BCUT2D eigenvalue weighted by Crippen LogP contribution is -2.23. The normalized spacial score (nSPS) is 11.8. The zero-order chi connectivity index (χ0) is 21.8. The molecule has 1 amide bonds. The average Bonchev–Trinajstić information content (AvgIpc) is 2.79. The van der Waals surface area contributed by atoms with Crippen LogP contribution in [0.1, 0.15) is 22.0 Å². The van der Waals surface area contributed by atoms with Crippen LogP contribution >= 0.6 is 0 Å². The smallest absolute Gasteiger partial charge is 0.252 e. The van der Waals surface area contributed by atoms with Crippen LogP contribution in [-0.2, 0) is 0 Å². The largest absolute Gasteiger partial charge is 0.365 e. The lowest BCUT2D eigenvalue weighted by Gasteiger charge is -2.20. The van der Waals surface area contributed by atoms with E-state index >= 15 is 0 Å². The monoisotopic (exact) mass is 416 g/mol. The van der Waals surface area contributed by atoms with E-state index < -0.39 is 11.7 Å². The zero-order valence-corrected chi connectivity index (χ0v) is 16.5. The molecule has 2 aromatic heterocycles. The van der Waals surface area contributed by atoms with Gasteiger partial charge in [-0.05, 0) is 29.8 Å². The van der Waals surface area contributed by atoms with E-state index in [2.05, 4.69) is 20.6 Å². The SMILES string of the molecule is NC[C@H](Nc1nc(Nc2ccc3cccnc3c2)c(C(N)=O)cc1F)c1ccccc1. The van der Waals surface area contributed by atoms with Gasteiger partial charge in [-0.3, -0.25) is 9.78 Å². The van der Waals surface area contributed by atoms with Crippen molar-refractivity contribution in [2.45, 2.75) is 6.04 Å². The van der Waals surface area contributed by atoms with Gasteiger partial charge in [0.25, 0.3) is 5.91 Å². The molecule has 4 rings (SSSR count). The van der Waals surface area contributed by atoms with Gasteiger partial charge in [-0.2, -0.15) is 0 Å². The minimum absolute atomic E-state index is 0.0364. The van der Waals surface area contributed by atoms with Crippen molar-refractivity contribution in [3.8, 4) is 0 Å². The van der Waals surface area contributed by atoms with Crippen LogP contribution in [0.15, 0.2) is 72.9 Å². The summed E-state index contributed by atoms with van der Waals surface area (Å²) in [6.45, 7) is 0.224. The van der Waals surface area contributed by atoms with Crippen LogP contribution in [0.25, 0.3) is 10.9 Å². The molecule has 0 saturated heterocycles. The molecule has 6 N–H and O–H groups in total. The van der Waals surface area contributed by atoms with Gasteiger partial charge in [0.1, 0.15) is 5.82 Å². The maximum atomic E-state index is 14.7. The molecule has 0 fully saturated rings. The molecule has 0 radical (unpaired) electrons. The molecule has 156 valence electrons. The number of primary amides is 1. The van der Waals surface area contributed by atoms with Crippen LogP contribution in [0.2, 0.25) is 0 Å². The van der Waals surface area contributed by atoms with Gasteiger partial charge in [-0.15, -0.1) is 0 Å². The highest BCUT2D eigenvalue weighted by molar-refractivity contribution is 5.99. The number of aromatic nitrogens is 2. The molecule has 0 aliphatic rings. The Labute approximate surface area is 178 Å². The maximum Gasteiger partial charge on any atom is 0.252 e. The number of carbonyl (C=O) groups is 1. The number of amides is 1. The molecule has 8 heteroatoms. The molecule has 0 aliphatic carbocycles. The van der Waals surface area contributed by atoms with Crippen molar-refractivity contribution in [2.75, 3.05) is 17.2 Å². The molecule has 0 unspecified atom stereocenters. The van der Waals surface area contributed by atoms with Crippen LogP contribution in [0, 0.1) is 5.82 Å². The first-order chi connectivity index (χ1) is 15.0. The van der Waals surface area contributed by atoms with Crippen molar-refractivity contribution in [1.82, 2.24) is 9.97 Å². The Morgan fingerprint density at radius 3 is 2.58 bits per heavy atom. The summed E-state index contributed by atoms with van der Waals surface area (Å²) in [5.74, 6) is -1.40. The van der Waals surface area contributed by atoms with Gasteiger partial charge in [-0.25, -0.2) is 9.37 Å². The summed E-state index contributed by atoms with van der Waals surface area (Å²) in [6, 6.07) is 19.4. The Hall–Kier alpha value is -4.04. The Kier molecular flexibility index (Phi) is 5.72. The number of nitrogens with one attached hydrogen (secondary N) is 2. The molecule has 4 aromatic rings. The number of fused-ring (bicyclic) bond motifs is 1. The van der Waals surface area contributed by atoms with E-state index in [9.17, 15) is 9.18 Å². The van der Waals surface area contributed by atoms with Gasteiger partial charge in [0, 0.05) is 23.8 Å². The number of nitrogens with two attached hydrogens (primary N) is 2. The lowest BCUT2D eigenvalue weighted by atomic mass is 10.1. The topological polar surface area (TPSA) is 119 Å². The summed E-state index contributed by atoms with van der Waals surface area (Å²) < 4.78 is 14.7. The third kappa shape index (κ3) is 4.44. The number of nitrogens with zero attached hydrogens (tertiary/aromatic N) is 2. The number of pyridine rings is 2. The third-order valence-corrected chi connectivity index (χ3v) is 4.86. The Morgan fingerprint density at radius 1 is 1.03 bits per heavy atom. The van der Waals surface area contributed by atoms with E-state index in [1.54, 1.807) is 6.20 Å². The second-order valence-corrected chi connectivity index (χ2v) is 6.96. The fourth-order valence-corrected chi connectivity index (χ4v) is 3.28. The summed E-state index contributed by atoms with van der Waals surface area (Å²) >= 11 is 0. The highest BCUT2D eigenvalue weighted by atomic mass is 19.1. The quantitative estimate of drug-likeness (QED) is 0.365. The molecule has 0 spiro atoms. The first kappa shape index (κ1) is 20.2. The van der Waals surface area contributed by atoms with Gasteiger partial charge < -0.3 is 22.1 Å². The van der Waals surface area contributed by atoms with Crippen LogP contribution in [-0.4, -0.2) is 22.4 Å². The summed E-state index contributed by atoms with van der Waals surface area (Å²) in [6.07, 6.45) is 1.69. The van der Waals surface area contributed by atoms with Gasteiger partial charge in [0.15, 0.2) is 11.6 Å². The lowest BCUT2D eigenvalue weighted by molar-refractivity contribution is 0.100. The van der Waals surface area contributed by atoms with E-state index in [0.717, 1.165) is 22.5 Å². The van der Waals surface area contributed by atoms with Crippen molar-refractivity contribution in [3.05, 3.63) is 89.9 Å². The number of halogens is 1. The van der Waals surface area contributed by atoms with E-state index in [0.29, 0.717) is 5.69 Å². The molecule has 0 saturated carbocycles. The third-order valence-electron chi connectivity index (χ3n) is 4.86. The van der Waals surface area contributed by atoms with Gasteiger partial charge in [0.2, 0.25) is 0 Å². The predicted octanol–water partition coefficient (Wildman–Crippen LogP) is 3.72. The maximum absolute atomic E-state index is 14.7. The zero-order valence-electron chi connectivity index (χ0n) is 16.5. The molecule has 1 atom stereocenters. The summed E-state index contributed by atoms with van der Waals surface area (Å²) in [7, 11) is 0. The van der Waals surface area contributed by atoms with Crippen LogP contribution in [0.5, 0.6) is 0 Å². The predicted molar refractivity (Wildman–Crippen MR) is 120 cm³/mol. The second kappa shape index (κ2) is 8.76. The first-order valence-electron chi connectivity index (χ1n) is 9.69. The van der Waals surface area contributed by atoms with Crippen molar-refractivity contribution in [1.29, 1.82) is 0 Å². The molecule has 7 nitrogen and oxygen atoms in total. The highest BCUT2D eigenvalue weighted by Crippen LogP contribution is 2.27. The van der Waals surface area contributed by atoms with Crippen molar-refractivity contribution < 1.29 is 9.18 Å². The van der Waals surface area contributed by atoms with Crippen molar-refractivity contribution >= 4 is 34.1 Å². The molecular weight excluding hydrogens is 395 g/mol. The first-order valence-corrected chi connectivity index (χ1v) is 9.69. The molecule has 0 aliphatic heterocycles. The molecule has 0 bridgehead atoms. The standard InChI is InChI=1S/C23H21FN6O/c24-18-12-17(21(26)31)22(28-16-9-8-15-7-4-10-27-19(15)11-16)30-23(18)29-20(13-25)14-5-2-1-3-6-14/h1-12,20H,13,25H2,(H2,26,31)(H2,28,29,30)/t20-/m0/s1. The molecule has 31 heavy (non-hydrogen) atoms. The van der Waals surface area contributed by atoms with Crippen molar-refractivity contribution in [2.24, 2.45) is 11.5 Å². The fraction of sp³-hybridized carbons (Fsp3) is 0.0870. The second-order valence-electron chi connectivity index (χ2n) is 6.96. The van der Waals surface area contributed by atoms with E-state index in [-0.39, 0.29) is 29.8 Å². The minimum atomic E-state index is -0.794. The average molecular weight is 416 g/mol. The number of benzene rings is 2. The van der Waals surface area contributed by atoms with E-state index in [1.807, 2.05) is 60.7 Å². The molecule has 2 aromatic carbocycles. The Balaban J connectivity index is 1.69. The summed E-state index contributed by atoms with van der Waals surface area (Å²) in [5, 5.41) is 7.04. The highest BCUT2D eigenvalue weighted by Gasteiger charge is 2.19. The minimum Gasteiger partial charge on any atom is -0.365 e. The Bertz CT molecular complexity index is 1230. The Morgan fingerprint density at radius 2 is 1.84 bits per heavy atom. The van der Waals surface area contributed by atoms with Crippen LogP contribution in [0.4, 0.5) is 21.7 Å². The number of hydrogen-bond acceptors (Lipinski definition) is 6. The summed E-state index contributed by atoms with van der Waals surface area (Å²) in [5.41, 5.74) is 13.6. The molecular formula is C23H21FN6O. The van der Waals surface area contributed by atoms with E-state index in [4.69, 9.17) is 11.5 Å². The number of carbonyl (C=O) groups excluding carboxylic acids is 1. The number of hydrogen-bond donors (Lipinski definition) is 4. The van der Waals surface area contributed by atoms with E-state index in [1.165, 1.54) is 0 Å². The molecule has 2 heterocycles. The van der Waals surface area contributed by atoms with Crippen molar-refractivity contribution in [3.63, 3.8) is 0 Å². The van der Waals surface area contributed by atoms with Crippen LogP contribution < -0.4 is 22.1 Å². The van der Waals surface area contributed by atoms with Gasteiger partial charge >= 0.3 is 0 Å². The summed E-state index contributed by atoms with van der Waals surface area (Å²) in [4.78, 5) is 20.5. The number of anilines is 3. The fourth-order valence-electron chi connectivity index (χ4n) is 3.28. The van der Waals surface area contributed by atoms with Gasteiger partial charge in [-0.1, -0.05) is 42.5 Å². The number of rotatable bonds is 7. The van der Waals surface area contributed by atoms with Gasteiger partial charge in [0.05, 0.1) is 17.1 Å².